The highest BCUT2D eigenvalue weighted by atomic mass is 16.5. The molecule has 0 saturated heterocycles. The molecule has 1 heterocycles. The molecule has 1 aliphatic carbocycles. The number of pyridine rings is 1. The lowest BCUT2D eigenvalue weighted by Crippen LogP contribution is -2.36. The van der Waals surface area contributed by atoms with E-state index in [2.05, 4.69) is 11.9 Å². The Labute approximate surface area is 121 Å². The molecule has 20 heavy (non-hydrogen) atoms. The third-order valence-electron chi connectivity index (χ3n) is 3.90. The van der Waals surface area contributed by atoms with Crippen molar-refractivity contribution in [3.8, 4) is 5.75 Å². The lowest BCUT2D eigenvalue weighted by atomic mass is 9.90. The van der Waals surface area contributed by atoms with Gasteiger partial charge in [-0.1, -0.05) is 19.8 Å². The average molecular weight is 279 g/mol. The van der Waals surface area contributed by atoms with E-state index in [9.17, 15) is 5.11 Å². The number of hydrogen-bond acceptors (Lipinski definition) is 4. The molecule has 1 atom stereocenters. The maximum atomic E-state index is 10.7. The molecule has 1 unspecified atom stereocenters. The molecule has 1 saturated carbocycles. The molecule has 0 spiro atoms. The van der Waals surface area contributed by atoms with Gasteiger partial charge >= 0.3 is 0 Å². The number of rotatable bonds is 7. The van der Waals surface area contributed by atoms with Gasteiger partial charge in [0.25, 0.3) is 0 Å². The second kappa shape index (κ2) is 7.04. The van der Waals surface area contributed by atoms with E-state index in [1.807, 2.05) is 13.0 Å². The van der Waals surface area contributed by atoms with Crippen molar-refractivity contribution in [1.82, 2.24) is 4.98 Å². The molecule has 0 aliphatic heterocycles. The lowest BCUT2D eigenvalue weighted by molar-refractivity contribution is -0.118. The first kappa shape index (κ1) is 15.3. The van der Waals surface area contributed by atoms with Gasteiger partial charge < -0.3 is 14.6 Å². The summed E-state index contributed by atoms with van der Waals surface area (Å²) in [6.45, 7) is 5.33. The summed E-state index contributed by atoms with van der Waals surface area (Å²) in [5.74, 6) is 0.716. The van der Waals surface area contributed by atoms with E-state index < -0.39 is 11.7 Å². The molecule has 4 heteroatoms. The Kier molecular flexibility index (Phi) is 5.38. The Morgan fingerprint density at radius 1 is 1.30 bits per heavy atom. The van der Waals surface area contributed by atoms with Crippen molar-refractivity contribution in [2.75, 3.05) is 13.2 Å². The van der Waals surface area contributed by atoms with Crippen molar-refractivity contribution >= 4 is 0 Å². The molecule has 1 fully saturated rings. The normalized spacial score (nSPS) is 18.9. The molecule has 1 aliphatic rings. The number of hydrogen-bond donors (Lipinski definition) is 1. The van der Waals surface area contributed by atoms with Crippen LogP contribution >= 0.6 is 0 Å². The van der Waals surface area contributed by atoms with E-state index >= 15 is 0 Å². The highest BCUT2D eigenvalue weighted by Gasteiger charge is 2.42. The van der Waals surface area contributed by atoms with Crippen LogP contribution in [-0.2, 0) is 4.74 Å². The van der Waals surface area contributed by atoms with E-state index in [1.165, 1.54) is 0 Å². The topological polar surface area (TPSA) is 51.6 Å². The van der Waals surface area contributed by atoms with Gasteiger partial charge in [-0.15, -0.1) is 0 Å². The average Bonchev–Trinajstić information content (AvgIpc) is 2.95. The molecular weight excluding hydrogens is 254 g/mol. The number of aromatic nitrogens is 1. The smallest absolute Gasteiger partial charge is 0.137 e. The second-order valence-corrected chi connectivity index (χ2v) is 5.41. The fourth-order valence-corrected chi connectivity index (χ4v) is 2.95. The summed E-state index contributed by atoms with van der Waals surface area (Å²) in [6, 6.07) is 1.88. The minimum absolute atomic E-state index is 0.445. The van der Waals surface area contributed by atoms with Crippen molar-refractivity contribution in [3.63, 3.8) is 0 Å². The standard InChI is InChI=1S/C16H25NO3/c1-3-9-19-14-10-13(11-17-12-14)15(18)16(20-4-2)7-5-6-8-16/h10-12,15,18H,3-9H2,1-2H3. The second-order valence-electron chi connectivity index (χ2n) is 5.41. The van der Waals surface area contributed by atoms with E-state index in [1.54, 1.807) is 12.4 Å². The summed E-state index contributed by atoms with van der Waals surface area (Å²) in [4.78, 5) is 4.18. The first-order valence-corrected chi connectivity index (χ1v) is 7.61. The predicted molar refractivity (Wildman–Crippen MR) is 77.8 cm³/mol. The van der Waals surface area contributed by atoms with Gasteiger partial charge in [-0.25, -0.2) is 0 Å². The van der Waals surface area contributed by atoms with Gasteiger partial charge in [-0.2, -0.15) is 0 Å². The molecule has 0 aromatic carbocycles. The van der Waals surface area contributed by atoms with Gasteiger partial charge in [0.1, 0.15) is 11.9 Å². The number of nitrogens with zero attached hydrogens (tertiary/aromatic N) is 1. The van der Waals surface area contributed by atoms with Crippen molar-refractivity contribution in [1.29, 1.82) is 0 Å². The zero-order valence-electron chi connectivity index (χ0n) is 12.5. The molecule has 4 nitrogen and oxygen atoms in total. The van der Waals surface area contributed by atoms with Gasteiger partial charge in [-0.3, -0.25) is 4.98 Å². The van der Waals surface area contributed by atoms with Crippen LogP contribution in [-0.4, -0.2) is 28.9 Å². The van der Waals surface area contributed by atoms with Crippen molar-refractivity contribution < 1.29 is 14.6 Å². The zero-order valence-corrected chi connectivity index (χ0v) is 12.5. The van der Waals surface area contributed by atoms with E-state index in [0.717, 1.165) is 37.7 Å². The Bertz CT molecular complexity index is 416. The highest BCUT2D eigenvalue weighted by Crippen LogP contribution is 2.43. The SMILES string of the molecule is CCCOc1cncc(C(O)C2(OCC)CCCC2)c1. The van der Waals surface area contributed by atoms with Crippen LogP contribution in [0.3, 0.4) is 0 Å². The molecule has 0 radical (unpaired) electrons. The summed E-state index contributed by atoms with van der Waals surface area (Å²) in [5, 5.41) is 10.7. The summed E-state index contributed by atoms with van der Waals surface area (Å²) in [7, 11) is 0. The van der Waals surface area contributed by atoms with Crippen LogP contribution < -0.4 is 4.74 Å². The van der Waals surface area contributed by atoms with Crippen LogP contribution in [0.1, 0.15) is 57.6 Å². The molecule has 112 valence electrons. The van der Waals surface area contributed by atoms with Gasteiger partial charge in [0.2, 0.25) is 0 Å². The Morgan fingerprint density at radius 3 is 2.70 bits per heavy atom. The monoisotopic (exact) mass is 279 g/mol. The number of aliphatic hydroxyl groups excluding tert-OH is 1. The first-order chi connectivity index (χ1) is 9.72. The fourth-order valence-electron chi connectivity index (χ4n) is 2.95. The lowest BCUT2D eigenvalue weighted by Gasteiger charge is -2.34. The minimum Gasteiger partial charge on any atom is -0.492 e. The van der Waals surface area contributed by atoms with Crippen LogP contribution in [0.4, 0.5) is 0 Å². The fraction of sp³-hybridized carbons (Fsp3) is 0.688. The zero-order chi connectivity index (χ0) is 14.4. The summed E-state index contributed by atoms with van der Waals surface area (Å²) in [5.41, 5.74) is 0.341. The molecule has 2 rings (SSSR count). The summed E-state index contributed by atoms with van der Waals surface area (Å²) in [6.07, 6.45) is 7.74. The van der Waals surface area contributed by atoms with Crippen molar-refractivity contribution in [2.24, 2.45) is 0 Å². The van der Waals surface area contributed by atoms with E-state index in [4.69, 9.17) is 9.47 Å². The van der Waals surface area contributed by atoms with E-state index in [-0.39, 0.29) is 0 Å². The molecule has 0 bridgehead atoms. The van der Waals surface area contributed by atoms with Gasteiger partial charge in [0.05, 0.1) is 18.4 Å². The molecule has 0 amide bonds. The van der Waals surface area contributed by atoms with Crippen LogP contribution in [0.25, 0.3) is 0 Å². The Hall–Kier alpha value is -1.13. The third-order valence-corrected chi connectivity index (χ3v) is 3.90. The van der Waals surface area contributed by atoms with Crippen LogP contribution in [0.15, 0.2) is 18.5 Å². The van der Waals surface area contributed by atoms with Crippen LogP contribution in [0.5, 0.6) is 5.75 Å². The first-order valence-electron chi connectivity index (χ1n) is 7.61. The summed E-state index contributed by atoms with van der Waals surface area (Å²) >= 11 is 0. The van der Waals surface area contributed by atoms with Crippen molar-refractivity contribution in [3.05, 3.63) is 24.0 Å². The number of aliphatic hydroxyl groups is 1. The predicted octanol–water partition coefficient (Wildman–Crippen LogP) is 3.25. The molecule has 1 aromatic heterocycles. The maximum Gasteiger partial charge on any atom is 0.137 e. The minimum atomic E-state index is -0.636. The van der Waals surface area contributed by atoms with Gasteiger partial charge in [0, 0.05) is 18.4 Å². The Balaban J connectivity index is 2.16. The number of ether oxygens (including phenoxy) is 2. The molecular formula is C16H25NO3. The third kappa shape index (κ3) is 3.30. The Morgan fingerprint density at radius 2 is 2.05 bits per heavy atom. The van der Waals surface area contributed by atoms with E-state index in [0.29, 0.717) is 19.0 Å². The van der Waals surface area contributed by atoms with Gasteiger partial charge in [-0.05, 0) is 32.3 Å². The molecule has 1 N–H and O–H groups in total. The van der Waals surface area contributed by atoms with Crippen LogP contribution in [0.2, 0.25) is 0 Å². The summed E-state index contributed by atoms with van der Waals surface area (Å²) < 4.78 is 11.5. The maximum absolute atomic E-state index is 10.7. The van der Waals surface area contributed by atoms with Crippen molar-refractivity contribution in [2.45, 2.75) is 57.7 Å². The van der Waals surface area contributed by atoms with Gasteiger partial charge in [0.15, 0.2) is 0 Å². The highest BCUT2D eigenvalue weighted by molar-refractivity contribution is 5.27. The quantitative estimate of drug-likeness (QED) is 0.832. The molecule has 1 aromatic rings. The largest absolute Gasteiger partial charge is 0.492 e. The van der Waals surface area contributed by atoms with Crippen LogP contribution in [0, 0.1) is 0 Å².